The minimum absolute atomic E-state index is 0.0201. The summed E-state index contributed by atoms with van der Waals surface area (Å²) in [5.74, 6) is 1.60. The monoisotopic (exact) mass is 235 g/mol. The third-order valence-electron chi connectivity index (χ3n) is 3.00. The largest absolute Gasteiger partial charge is 0.467 e. The summed E-state index contributed by atoms with van der Waals surface area (Å²) in [6, 6.07) is 6.05. The molecule has 1 aliphatic carbocycles. The predicted octanol–water partition coefficient (Wildman–Crippen LogP) is 2.78. The fourth-order valence-corrected chi connectivity index (χ4v) is 1.76. The predicted molar refractivity (Wildman–Crippen MR) is 68.0 cm³/mol. The van der Waals surface area contributed by atoms with E-state index in [1.807, 2.05) is 19.1 Å². The van der Waals surface area contributed by atoms with E-state index < -0.39 is 0 Å². The molecule has 1 aromatic rings. The molecule has 3 nitrogen and oxygen atoms in total. The summed E-state index contributed by atoms with van der Waals surface area (Å²) in [7, 11) is 0. The molecule has 0 saturated heterocycles. The van der Waals surface area contributed by atoms with Crippen LogP contribution in [0.15, 0.2) is 18.2 Å². The lowest BCUT2D eigenvalue weighted by atomic mass is 10.1. The number of rotatable bonds is 6. The van der Waals surface area contributed by atoms with Crippen molar-refractivity contribution in [1.82, 2.24) is 0 Å². The standard InChI is InChI=1S/C14H21NO2/c1-10-3-6-14(13(7-10)11(2)15)17-9-16-8-12-4-5-12/h3,6-7,11-12H,4-5,8-9,15H2,1-2H3. The first-order valence-corrected chi connectivity index (χ1v) is 6.23. The summed E-state index contributed by atoms with van der Waals surface area (Å²) in [4.78, 5) is 0. The summed E-state index contributed by atoms with van der Waals surface area (Å²) < 4.78 is 11.1. The van der Waals surface area contributed by atoms with Gasteiger partial charge in [-0.05, 0) is 38.7 Å². The minimum Gasteiger partial charge on any atom is -0.467 e. The van der Waals surface area contributed by atoms with Gasteiger partial charge in [0.05, 0.1) is 6.61 Å². The van der Waals surface area contributed by atoms with E-state index >= 15 is 0 Å². The molecule has 0 heterocycles. The summed E-state index contributed by atoms with van der Waals surface area (Å²) >= 11 is 0. The van der Waals surface area contributed by atoms with Gasteiger partial charge in [0.1, 0.15) is 5.75 Å². The first-order chi connectivity index (χ1) is 8.16. The zero-order chi connectivity index (χ0) is 12.3. The molecular weight excluding hydrogens is 214 g/mol. The summed E-state index contributed by atoms with van der Waals surface area (Å²) in [5.41, 5.74) is 8.16. The minimum atomic E-state index is -0.0201. The van der Waals surface area contributed by atoms with E-state index in [0.717, 1.165) is 23.8 Å². The van der Waals surface area contributed by atoms with Crippen LogP contribution in [0.5, 0.6) is 5.75 Å². The fourth-order valence-electron chi connectivity index (χ4n) is 1.76. The third kappa shape index (κ3) is 3.72. The highest BCUT2D eigenvalue weighted by Crippen LogP contribution is 2.29. The topological polar surface area (TPSA) is 44.5 Å². The van der Waals surface area contributed by atoms with Crippen molar-refractivity contribution < 1.29 is 9.47 Å². The van der Waals surface area contributed by atoms with Gasteiger partial charge in [0, 0.05) is 11.6 Å². The van der Waals surface area contributed by atoms with Gasteiger partial charge in [-0.3, -0.25) is 0 Å². The lowest BCUT2D eigenvalue weighted by molar-refractivity contribution is 0.00933. The Hall–Kier alpha value is -1.06. The molecule has 3 heteroatoms. The number of ether oxygens (including phenoxy) is 2. The molecule has 0 aromatic heterocycles. The van der Waals surface area contributed by atoms with E-state index in [1.54, 1.807) is 0 Å². The van der Waals surface area contributed by atoms with Crippen molar-refractivity contribution in [2.45, 2.75) is 32.7 Å². The average molecular weight is 235 g/mol. The molecule has 94 valence electrons. The van der Waals surface area contributed by atoms with Crippen molar-refractivity contribution in [3.8, 4) is 5.75 Å². The van der Waals surface area contributed by atoms with Crippen molar-refractivity contribution in [1.29, 1.82) is 0 Å². The number of benzene rings is 1. The second-order valence-corrected chi connectivity index (χ2v) is 4.91. The molecule has 1 aliphatic rings. The first-order valence-electron chi connectivity index (χ1n) is 6.23. The molecule has 1 unspecified atom stereocenters. The zero-order valence-corrected chi connectivity index (χ0v) is 10.6. The van der Waals surface area contributed by atoms with E-state index in [1.165, 1.54) is 18.4 Å². The van der Waals surface area contributed by atoms with E-state index in [-0.39, 0.29) is 6.04 Å². The molecule has 0 amide bonds. The molecule has 1 saturated carbocycles. The van der Waals surface area contributed by atoms with E-state index in [2.05, 4.69) is 13.0 Å². The van der Waals surface area contributed by atoms with Crippen molar-refractivity contribution >= 4 is 0 Å². The molecular formula is C14H21NO2. The number of aryl methyl sites for hydroxylation is 1. The van der Waals surface area contributed by atoms with Gasteiger partial charge in [0.15, 0.2) is 6.79 Å². The van der Waals surface area contributed by atoms with Gasteiger partial charge in [0.2, 0.25) is 0 Å². The van der Waals surface area contributed by atoms with Crippen LogP contribution in [-0.2, 0) is 4.74 Å². The lowest BCUT2D eigenvalue weighted by Crippen LogP contribution is -2.11. The molecule has 0 radical (unpaired) electrons. The maximum absolute atomic E-state index is 5.93. The Kier molecular flexibility index (Phi) is 4.02. The number of hydrogen-bond acceptors (Lipinski definition) is 3. The molecule has 1 atom stereocenters. The Morgan fingerprint density at radius 3 is 2.82 bits per heavy atom. The SMILES string of the molecule is Cc1ccc(OCOCC2CC2)c(C(C)N)c1. The first kappa shape index (κ1) is 12.4. The van der Waals surface area contributed by atoms with Crippen LogP contribution in [0.1, 0.15) is 36.9 Å². The highest BCUT2D eigenvalue weighted by Gasteiger charge is 2.21. The van der Waals surface area contributed by atoms with Crippen molar-refractivity contribution in [2.75, 3.05) is 13.4 Å². The molecule has 2 rings (SSSR count). The van der Waals surface area contributed by atoms with Crippen LogP contribution in [0, 0.1) is 12.8 Å². The van der Waals surface area contributed by atoms with Gasteiger partial charge < -0.3 is 15.2 Å². The lowest BCUT2D eigenvalue weighted by Gasteiger charge is -2.14. The fraction of sp³-hybridized carbons (Fsp3) is 0.571. The maximum Gasteiger partial charge on any atom is 0.189 e. The Labute approximate surface area is 103 Å². The normalized spacial score (nSPS) is 16.9. The summed E-state index contributed by atoms with van der Waals surface area (Å²) in [6.07, 6.45) is 2.60. The zero-order valence-electron chi connectivity index (χ0n) is 10.6. The van der Waals surface area contributed by atoms with Gasteiger partial charge in [0.25, 0.3) is 0 Å². The smallest absolute Gasteiger partial charge is 0.189 e. The van der Waals surface area contributed by atoms with Gasteiger partial charge in [-0.2, -0.15) is 0 Å². The summed E-state index contributed by atoms with van der Waals surface area (Å²) in [5, 5.41) is 0. The Balaban J connectivity index is 1.89. The highest BCUT2D eigenvalue weighted by atomic mass is 16.7. The van der Waals surface area contributed by atoms with E-state index in [0.29, 0.717) is 6.79 Å². The van der Waals surface area contributed by atoms with Crippen LogP contribution in [0.2, 0.25) is 0 Å². The number of nitrogens with two attached hydrogens (primary N) is 1. The molecule has 1 fully saturated rings. The molecule has 0 aliphatic heterocycles. The van der Waals surface area contributed by atoms with Gasteiger partial charge >= 0.3 is 0 Å². The van der Waals surface area contributed by atoms with Crippen LogP contribution >= 0.6 is 0 Å². The maximum atomic E-state index is 5.93. The molecule has 1 aromatic carbocycles. The quantitative estimate of drug-likeness (QED) is 0.609. The Morgan fingerprint density at radius 2 is 2.18 bits per heavy atom. The van der Waals surface area contributed by atoms with Crippen LogP contribution in [0.4, 0.5) is 0 Å². The Morgan fingerprint density at radius 1 is 1.41 bits per heavy atom. The van der Waals surface area contributed by atoms with Crippen LogP contribution in [0.25, 0.3) is 0 Å². The van der Waals surface area contributed by atoms with E-state index in [9.17, 15) is 0 Å². The van der Waals surface area contributed by atoms with Crippen LogP contribution in [0.3, 0.4) is 0 Å². The molecule has 0 spiro atoms. The third-order valence-corrected chi connectivity index (χ3v) is 3.00. The van der Waals surface area contributed by atoms with Crippen molar-refractivity contribution in [2.24, 2.45) is 11.7 Å². The van der Waals surface area contributed by atoms with Gasteiger partial charge in [-0.1, -0.05) is 17.7 Å². The summed E-state index contributed by atoms with van der Waals surface area (Å²) in [6.45, 7) is 5.16. The Bertz CT molecular complexity index is 372. The van der Waals surface area contributed by atoms with Gasteiger partial charge in [-0.25, -0.2) is 0 Å². The molecule has 0 bridgehead atoms. The van der Waals surface area contributed by atoms with Crippen LogP contribution < -0.4 is 10.5 Å². The molecule has 17 heavy (non-hydrogen) atoms. The highest BCUT2D eigenvalue weighted by molar-refractivity contribution is 5.38. The second kappa shape index (κ2) is 5.52. The van der Waals surface area contributed by atoms with Crippen LogP contribution in [-0.4, -0.2) is 13.4 Å². The van der Waals surface area contributed by atoms with Crippen molar-refractivity contribution in [3.05, 3.63) is 29.3 Å². The van der Waals surface area contributed by atoms with Gasteiger partial charge in [-0.15, -0.1) is 0 Å². The van der Waals surface area contributed by atoms with Crippen molar-refractivity contribution in [3.63, 3.8) is 0 Å². The molecule has 2 N–H and O–H groups in total. The second-order valence-electron chi connectivity index (χ2n) is 4.91. The van der Waals surface area contributed by atoms with E-state index in [4.69, 9.17) is 15.2 Å². The average Bonchev–Trinajstić information content (AvgIpc) is 3.09. The number of hydrogen-bond donors (Lipinski definition) is 1.